The van der Waals surface area contributed by atoms with E-state index in [9.17, 15) is 14.9 Å². The number of nitrogens with zero attached hydrogens (tertiary/aromatic N) is 4. The van der Waals surface area contributed by atoms with Crippen molar-refractivity contribution in [2.45, 2.75) is 13.8 Å². The molecule has 1 aromatic heterocycles. The van der Waals surface area contributed by atoms with Gasteiger partial charge in [0.05, 0.1) is 28.6 Å². The zero-order valence-corrected chi connectivity index (χ0v) is 18.0. The minimum atomic E-state index is -0.528. The molecular weight excluding hydrogens is 496 g/mol. The molecule has 10 heteroatoms. The van der Waals surface area contributed by atoms with Gasteiger partial charge < -0.3 is 4.74 Å². The summed E-state index contributed by atoms with van der Waals surface area (Å²) in [5, 5.41) is 16.0. The lowest BCUT2D eigenvalue weighted by molar-refractivity contribution is -0.385. The molecule has 0 spiro atoms. The molecule has 0 N–H and O–H groups in total. The number of hydrogen-bond donors (Lipinski definition) is 0. The number of aryl methyl sites for hydroxylation is 1. The van der Waals surface area contributed by atoms with Crippen LogP contribution in [0.1, 0.15) is 18.3 Å². The van der Waals surface area contributed by atoms with Crippen LogP contribution < -0.4 is 10.3 Å². The largest absolute Gasteiger partial charge is 0.487 e. The minimum absolute atomic E-state index is 0.0849. The first kappa shape index (κ1) is 20.2. The van der Waals surface area contributed by atoms with Crippen molar-refractivity contribution in [2.75, 3.05) is 6.61 Å². The monoisotopic (exact) mass is 508 g/mol. The Hall–Kier alpha value is -2.59. The molecule has 0 saturated heterocycles. The summed E-state index contributed by atoms with van der Waals surface area (Å²) in [4.78, 5) is 28.0. The minimum Gasteiger partial charge on any atom is -0.487 e. The van der Waals surface area contributed by atoms with Crippen molar-refractivity contribution in [1.82, 2.24) is 9.66 Å². The lowest BCUT2D eigenvalue weighted by Gasteiger charge is -2.09. The molecule has 0 saturated carbocycles. The van der Waals surface area contributed by atoms with Crippen LogP contribution in [-0.4, -0.2) is 27.4 Å². The summed E-state index contributed by atoms with van der Waals surface area (Å²) in [7, 11) is 0. The van der Waals surface area contributed by atoms with Crippen molar-refractivity contribution in [3.8, 4) is 5.75 Å². The first-order chi connectivity index (χ1) is 13.3. The van der Waals surface area contributed by atoms with Gasteiger partial charge in [-0.3, -0.25) is 14.9 Å². The number of fused-ring (bicyclic) bond motifs is 1. The van der Waals surface area contributed by atoms with Crippen molar-refractivity contribution >= 4 is 54.7 Å². The number of aromatic nitrogens is 2. The molecule has 0 aliphatic rings. The fourth-order valence-electron chi connectivity index (χ4n) is 2.65. The smallest absolute Gasteiger partial charge is 0.312 e. The fourth-order valence-corrected chi connectivity index (χ4v) is 3.47. The quantitative estimate of drug-likeness (QED) is 0.288. The van der Waals surface area contributed by atoms with Gasteiger partial charge in [0.15, 0.2) is 0 Å². The van der Waals surface area contributed by atoms with E-state index in [0.717, 1.165) is 9.15 Å². The Balaban J connectivity index is 2.17. The van der Waals surface area contributed by atoms with Crippen LogP contribution in [-0.2, 0) is 0 Å². The summed E-state index contributed by atoms with van der Waals surface area (Å²) in [5.74, 6) is 0.472. The molecule has 1 heterocycles. The van der Waals surface area contributed by atoms with Crippen LogP contribution >= 0.6 is 31.9 Å². The van der Waals surface area contributed by atoms with Crippen LogP contribution in [0.5, 0.6) is 5.75 Å². The van der Waals surface area contributed by atoms with Crippen LogP contribution in [0.15, 0.2) is 49.2 Å². The third-order valence-electron chi connectivity index (χ3n) is 3.83. The van der Waals surface area contributed by atoms with Crippen molar-refractivity contribution in [3.05, 3.63) is 71.1 Å². The van der Waals surface area contributed by atoms with Crippen LogP contribution in [0.25, 0.3) is 10.9 Å². The molecule has 0 amide bonds. The second kappa shape index (κ2) is 8.19. The van der Waals surface area contributed by atoms with Crippen LogP contribution in [0.4, 0.5) is 5.69 Å². The van der Waals surface area contributed by atoms with E-state index in [1.165, 1.54) is 12.3 Å². The molecule has 2 aromatic carbocycles. The highest BCUT2D eigenvalue weighted by molar-refractivity contribution is 9.10. The van der Waals surface area contributed by atoms with E-state index in [0.29, 0.717) is 26.8 Å². The van der Waals surface area contributed by atoms with Gasteiger partial charge in [0.2, 0.25) is 5.75 Å². The van der Waals surface area contributed by atoms with E-state index >= 15 is 0 Å². The molecule has 0 atom stereocenters. The zero-order chi connectivity index (χ0) is 20.4. The number of rotatable bonds is 5. The number of nitro groups is 1. The lowest BCUT2D eigenvalue weighted by Crippen LogP contribution is -2.20. The van der Waals surface area contributed by atoms with Gasteiger partial charge in [-0.05, 0) is 38.1 Å². The second-order valence-electron chi connectivity index (χ2n) is 5.72. The second-order valence-corrected chi connectivity index (χ2v) is 7.55. The van der Waals surface area contributed by atoms with Gasteiger partial charge in [0.1, 0.15) is 5.82 Å². The maximum atomic E-state index is 12.8. The van der Waals surface area contributed by atoms with Gasteiger partial charge >= 0.3 is 5.69 Å². The van der Waals surface area contributed by atoms with Crippen molar-refractivity contribution in [1.29, 1.82) is 0 Å². The van der Waals surface area contributed by atoms with Gasteiger partial charge in [-0.1, -0.05) is 31.9 Å². The zero-order valence-electron chi connectivity index (χ0n) is 14.8. The highest BCUT2D eigenvalue weighted by atomic mass is 79.9. The predicted octanol–water partition coefficient (Wildman–Crippen LogP) is 4.42. The summed E-state index contributed by atoms with van der Waals surface area (Å²) in [6.45, 7) is 3.63. The Morgan fingerprint density at radius 3 is 2.71 bits per heavy atom. The molecule has 0 fully saturated rings. The topological polar surface area (TPSA) is 99.6 Å². The van der Waals surface area contributed by atoms with Gasteiger partial charge in [-0.15, -0.1) is 0 Å². The van der Waals surface area contributed by atoms with Crippen molar-refractivity contribution in [2.24, 2.45) is 5.10 Å². The Morgan fingerprint density at radius 1 is 1.29 bits per heavy atom. The summed E-state index contributed by atoms with van der Waals surface area (Å²) in [6.07, 6.45) is 1.35. The molecule has 0 bridgehead atoms. The van der Waals surface area contributed by atoms with E-state index in [2.05, 4.69) is 41.9 Å². The van der Waals surface area contributed by atoms with Crippen molar-refractivity contribution < 1.29 is 9.66 Å². The maximum absolute atomic E-state index is 12.8. The normalized spacial score (nSPS) is 11.3. The highest BCUT2D eigenvalue weighted by Gasteiger charge is 2.20. The summed E-state index contributed by atoms with van der Waals surface area (Å²) < 4.78 is 7.85. The Bertz CT molecular complexity index is 1170. The van der Waals surface area contributed by atoms with E-state index in [1.807, 2.05) is 0 Å². The molecular formula is C18H14Br2N4O4. The lowest BCUT2D eigenvalue weighted by atomic mass is 10.2. The first-order valence-electron chi connectivity index (χ1n) is 8.15. The standard InChI is InChI=1S/C18H14Br2N4O4/c1-3-28-17-11(6-13(20)8-16(17)24(26)27)9-21-23-10(2)22-15-5-4-12(19)7-14(15)18(23)25/h4-9H,3H2,1-2H3. The molecule has 3 aromatic rings. The number of benzene rings is 2. The molecule has 0 aliphatic carbocycles. The van der Waals surface area contributed by atoms with Crippen LogP contribution in [0, 0.1) is 17.0 Å². The van der Waals surface area contributed by atoms with Crippen molar-refractivity contribution in [3.63, 3.8) is 0 Å². The molecule has 8 nitrogen and oxygen atoms in total. The molecule has 3 rings (SSSR count). The Morgan fingerprint density at radius 2 is 2.04 bits per heavy atom. The average molecular weight is 510 g/mol. The summed E-state index contributed by atoms with van der Waals surface area (Å²) >= 11 is 6.60. The number of hydrogen-bond acceptors (Lipinski definition) is 6. The van der Waals surface area contributed by atoms with Crippen LogP contribution in [0.2, 0.25) is 0 Å². The van der Waals surface area contributed by atoms with E-state index in [4.69, 9.17) is 4.74 Å². The summed E-state index contributed by atoms with van der Waals surface area (Å²) in [6, 6.07) is 8.21. The SMILES string of the molecule is CCOc1c(C=Nn2c(C)nc3ccc(Br)cc3c2=O)cc(Br)cc1[N+](=O)[O-]. The summed E-state index contributed by atoms with van der Waals surface area (Å²) in [5.41, 5.74) is 0.388. The molecule has 0 aliphatic heterocycles. The van der Waals surface area contributed by atoms with Gasteiger partial charge in [-0.2, -0.15) is 9.78 Å². The molecule has 0 unspecified atom stereocenters. The highest BCUT2D eigenvalue weighted by Crippen LogP contribution is 2.33. The van der Waals surface area contributed by atoms with Gasteiger partial charge in [-0.25, -0.2) is 4.98 Å². The Labute approximate surface area is 176 Å². The molecule has 0 radical (unpaired) electrons. The maximum Gasteiger partial charge on any atom is 0.312 e. The van der Waals surface area contributed by atoms with Crippen LogP contribution in [0.3, 0.4) is 0 Å². The first-order valence-corrected chi connectivity index (χ1v) is 9.74. The third kappa shape index (κ3) is 3.97. The number of ether oxygens (including phenoxy) is 1. The average Bonchev–Trinajstić information content (AvgIpc) is 2.64. The molecule has 28 heavy (non-hydrogen) atoms. The van der Waals surface area contributed by atoms with Gasteiger partial charge in [0.25, 0.3) is 5.56 Å². The Kier molecular flexibility index (Phi) is 5.90. The van der Waals surface area contributed by atoms with E-state index in [-0.39, 0.29) is 23.6 Å². The van der Waals surface area contributed by atoms with E-state index in [1.54, 1.807) is 38.1 Å². The van der Waals surface area contributed by atoms with Gasteiger partial charge in [0, 0.05) is 20.6 Å². The number of nitro benzene ring substituents is 1. The number of halogens is 2. The third-order valence-corrected chi connectivity index (χ3v) is 4.78. The molecule has 144 valence electrons. The predicted molar refractivity (Wildman–Crippen MR) is 113 cm³/mol. The fraction of sp³-hybridized carbons (Fsp3) is 0.167. The van der Waals surface area contributed by atoms with E-state index < -0.39 is 4.92 Å².